The van der Waals surface area contributed by atoms with E-state index in [-0.39, 0.29) is 17.9 Å². The van der Waals surface area contributed by atoms with Crippen LogP contribution in [0.4, 0.5) is 5.69 Å². The molecule has 0 aliphatic carbocycles. The monoisotopic (exact) mass is 352 g/mol. The van der Waals surface area contributed by atoms with Crippen LogP contribution >= 0.6 is 0 Å². The van der Waals surface area contributed by atoms with Crippen LogP contribution in [0.1, 0.15) is 24.8 Å². The molecule has 1 aliphatic heterocycles. The molecule has 1 atom stereocenters. The first-order valence-corrected chi connectivity index (χ1v) is 8.93. The summed E-state index contributed by atoms with van der Waals surface area (Å²) in [6, 6.07) is 17.4. The molecule has 2 aromatic carbocycles. The molecule has 5 heteroatoms. The third kappa shape index (κ3) is 4.63. The van der Waals surface area contributed by atoms with Gasteiger partial charge >= 0.3 is 0 Å². The Morgan fingerprint density at radius 2 is 1.88 bits per heavy atom. The molecule has 3 rings (SSSR count). The predicted molar refractivity (Wildman–Crippen MR) is 101 cm³/mol. The minimum Gasteiger partial charge on any atom is -0.497 e. The van der Waals surface area contributed by atoms with Crippen LogP contribution < -0.4 is 15.0 Å². The summed E-state index contributed by atoms with van der Waals surface area (Å²) < 4.78 is 5.14. The van der Waals surface area contributed by atoms with Crippen molar-refractivity contribution in [2.45, 2.75) is 31.7 Å². The summed E-state index contributed by atoms with van der Waals surface area (Å²) in [6.07, 6.45) is 2.51. The lowest BCUT2D eigenvalue weighted by Crippen LogP contribution is -2.37. The van der Waals surface area contributed by atoms with Crippen molar-refractivity contribution in [3.8, 4) is 5.75 Å². The van der Waals surface area contributed by atoms with Crippen molar-refractivity contribution >= 4 is 17.5 Å². The summed E-state index contributed by atoms with van der Waals surface area (Å²) in [5.41, 5.74) is 2.07. The molecule has 26 heavy (non-hydrogen) atoms. The van der Waals surface area contributed by atoms with Gasteiger partial charge in [-0.2, -0.15) is 0 Å². The van der Waals surface area contributed by atoms with Gasteiger partial charge in [-0.15, -0.1) is 0 Å². The lowest BCUT2D eigenvalue weighted by molar-refractivity contribution is -0.121. The van der Waals surface area contributed by atoms with Crippen molar-refractivity contribution in [3.05, 3.63) is 60.2 Å². The van der Waals surface area contributed by atoms with E-state index in [1.807, 2.05) is 42.5 Å². The third-order valence-corrected chi connectivity index (χ3v) is 4.59. The second-order valence-corrected chi connectivity index (χ2v) is 6.51. The summed E-state index contributed by atoms with van der Waals surface area (Å²) in [4.78, 5) is 26.1. The summed E-state index contributed by atoms with van der Waals surface area (Å²) in [6.45, 7) is 0.510. The van der Waals surface area contributed by atoms with Crippen molar-refractivity contribution in [2.75, 3.05) is 18.6 Å². The molecule has 2 aromatic rings. The molecular formula is C21H24N2O3. The lowest BCUT2D eigenvalue weighted by atomic mass is 10.1. The second kappa shape index (κ2) is 8.52. The van der Waals surface area contributed by atoms with E-state index >= 15 is 0 Å². The number of benzene rings is 2. The highest BCUT2D eigenvalue weighted by molar-refractivity contribution is 5.96. The Labute approximate surface area is 154 Å². The number of nitrogens with one attached hydrogen (secondary N) is 1. The molecule has 0 saturated carbocycles. The van der Waals surface area contributed by atoms with Gasteiger partial charge in [0.2, 0.25) is 11.8 Å². The van der Waals surface area contributed by atoms with Crippen LogP contribution in [0.3, 0.4) is 0 Å². The van der Waals surface area contributed by atoms with E-state index in [0.717, 1.165) is 24.3 Å². The Morgan fingerprint density at radius 1 is 1.15 bits per heavy atom. The van der Waals surface area contributed by atoms with Gasteiger partial charge in [0.05, 0.1) is 13.2 Å². The molecule has 1 saturated heterocycles. The smallest absolute Gasteiger partial charge is 0.229 e. The molecule has 0 radical (unpaired) electrons. The van der Waals surface area contributed by atoms with Gasteiger partial charge in [0, 0.05) is 25.1 Å². The number of ether oxygens (including phenoxy) is 1. The number of hydrogen-bond acceptors (Lipinski definition) is 3. The van der Waals surface area contributed by atoms with E-state index in [1.165, 1.54) is 5.56 Å². The van der Waals surface area contributed by atoms with Crippen LogP contribution in [-0.2, 0) is 16.0 Å². The Kier molecular flexibility index (Phi) is 5.89. The highest BCUT2D eigenvalue weighted by Gasteiger charge is 2.31. The van der Waals surface area contributed by atoms with Gasteiger partial charge in [-0.25, -0.2) is 0 Å². The Bertz CT molecular complexity index is 744. The first kappa shape index (κ1) is 18.0. The Balaban J connectivity index is 1.46. The third-order valence-electron chi connectivity index (χ3n) is 4.59. The quantitative estimate of drug-likeness (QED) is 0.833. The first-order chi connectivity index (χ1) is 12.7. The van der Waals surface area contributed by atoms with E-state index in [4.69, 9.17) is 4.74 Å². The highest BCUT2D eigenvalue weighted by atomic mass is 16.5. The van der Waals surface area contributed by atoms with Crippen molar-refractivity contribution < 1.29 is 14.3 Å². The van der Waals surface area contributed by atoms with Gasteiger partial charge in [0.25, 0.3) is 0 Å². The number of anilines is 1. The topological polar surface area (TPSA) is 58.6 Å². The maximum Gasteiger partial charge on any atom is 0.229 e. The number of nitrogens with zero attached hydrogens (tertiary/aromatic N) is 1. The fourth-order valence-electron chi connectivity index (χ4n) is 3.21. The molecule has 0 bridgehead atoms. The standard InChI is InChI=1S/C21H24N2O3/c1-26-19-12-10-18(11-13-19)23-15-17(14-21(23)25)22-20(24)9-5-8-16-6-3-2-4-7-16/h2-4,6-7,10-13,17H,5,8-9,14-15H2,1H3,(H,22,24). The number of methoxy groups -OCH3 is 1. The normalized spacial score (nSPS) is 16.6. The fraction of sp³-hybridized carbons (Fsp3) is 0.333. The molecule has 1 N–H and O–H groups in total. The number of hydrogen-bond donors (Lipinski definition) is 1. The molecule has 0 aromatic heterocycles. The molecule has 5 nitrogen and oxygen atoms in total. The number of carbonyl (C=O) groups excluding carboxylic acids is 2. The van der Waals surface area contributed by atoms with Gasteiger partial charge in [-0.05, 0) is 42.7 Å². The van der Waals surface area contributed by atoms with Crippen LogP contribution in [0, 0.1) is 0 Å². The summed E-state index contributed by atoms with van der Waals surface area (Å²) in [5.74, 6) is 0.795. The van der Waals surface area contributed by atoms with Gasteiger partial charge in [-0.3, -0.25) is 9.59 Å². The number of rotatable bonds is 7. The van der Waals surface area contributed by atoms with Gasteiger partial charge in [-0.1, -0.05) is 30.3 Å². The van der Waals surface area contributed by atoms with E-state index in [0.29, 0.717) is 19.4 Å². The molecule has 1 aliphatic rings. The number of aryl methyl sites for hydroxylation is 1. The zero-order chi connectivity index (χ0) is 18.4. The number of amides is 2. The molecule has 1 fully saturated rings. The Hall–Kier alpha value is -2.82. The van der Waals surface area contributed by atoms with Crippen LogP contribution in [-0.4, -0.2) is 31.5 Å². The SMILES string of the molecule is COc1ccc(N2CC(NC(=O)CCCc3ccccc3)CC2=O)cc1. The van der Waals surface area contributed by atoms with E-state index in [2.05, 4.69) is 17.4 Å². The second-order valence-electron chi connectivity index (χ2n) is 6.51. The molecular weight excluding hydrogens is 328 g/mol. The van der Waals surface area contributed by atoms with Crippen molar-refractivity contribution in [2.24, 2.45) is 0 Å². The summed E-state index contributed by atoms with van der Waals surface area (Å²) >= 11 is 0. The Morgan fingerprint density at radius 3 is 2.58 bits per heavy atom. The fourth-order valence-corrected chi connectivity index (χ4v) is 3.21. The van der Waals surface area contributed by atoms with Crippen LogP contribution in [0.15, 0.2) is 54.6 Å². The highest BCUT2D eigenvalue weighted by Crippen LogP contribution is 2.24. The zero-order valence-corrected chi connectivity index (χ0v) is 15.0. The summed E-state index contributed by atoms with van der Waals surface area (Å²) in [5, 5.41) is 2.99. The minimum atomic E-state index is -0.131. The maximum absolute atomic E-state index is 12.3. The molecule has 136 valence electrons. The average Bonchev–Trinajstić information content (AvgIpc) is 3.02. The number of carbonyl (C=O) groups is 2. The van der Waals surface area contributed by atoms with Crippen LogP contribution in [0.25, 0.3) is 0 Å². The maximum atomic E-state index is 12.3. The lowest BCUT2D eigenvalue weighted by Gasteiger charge is -2.17. The zero-order valence-electron chi connectivity index (χ0n) is 15.0. The average molecular weight is 352 g/mol. The van der Waals surface area contributed by atoms with Gasteiger partial charge in [0.15, 0.2) is 0 Å². The van der Waals surface area contributed by atoms with Crippen molar-refractivity contribution in [1.29, 1.82) is 0 Å². The van der Waals surface area contributed by atoms with Crippen LogP contribution in [0.2, 0.25) is 0 Å². The van der Waals surface area contributed by atoms with E-state index in [1.54, 1.807) is 12.0 Å². The van der Waals surface area contributed by atoms with Crippen molar-refractivity contribution in [3.63, 3.8) is 0 Å². The van der Waals surface area contributed by atoms with Gasteiger partial charge in [0.1, 0.15) is 5.75 Å². The van der Waals surface area contributed by atoms with E-state index in [9.17, 15) is 9.59 Å². The molecule has 1 unspecified atom stereocenters. The molecule has 2 amide bonds. The predicted octanol–water partition coefficient (Wildman–Crippen LogP) is 2.94. The summed E-state index contributed by atoms with van der Waals surface area (Å²) in [7, 11) is 1.61. The molecule has 1 heterocycles. The largest absolute Gasteiger partial charge is 0.497 e. The van der Waals surface area contributed by atoms with Crippen molar-refractivity contribution in [1.82, 2.24) is 5.32 Å². The first-order valence-electron chi connectivity index (χ1n) is 8.93. The molecule has 0 spiro atoms. The minimum absolute atomic E-state index is 0.00955. The van der Waals surface area contributed by atoms with Gasteiger partial charge < -0.3 is 15.0 Å². The van der Waals surface area contributed by atoms with Crippen LogP contribution in [0.5, 0.6) is 5.75 Å². The van der Waals surface area contributed by atoms with E-state index < -0.39 is 0 Å².